The van der Waals surface area contributed by atoms with Gasteiger partial charge >= 0.3 is 0 Å². The Morgan fingerprint density at radius 3 is 2.72 bits per heavy atom. The number of hydrogen-bond acceptors (Lipinski definition) is 5. The minimum absolute atomic E-state index is 0.0348. The number of aromatic amines is 1. The normalized spacial score (nSPS) is 10.7. The number of rotatable bonds is 2. The summed E-state index contributed by atoms with van der Waals surface area (Å²) in [5.41, 5.74) is 7.05. The van der Waals surface area contributed by atoms with Crippen LogP contribution in [-0.4, -0.2) is 30.8 Å². The smallest absolute Gasteiger partial charge is 0.286 e. The van der Waals surface area contributed by atoms with Crippen molar-refractivity contribution < 1.29 is 4.79 Å². The van der Waals surface area contributed by atoms with Gasteiger partial charge in [0.05, 0.1) is 6.20 Å². The Balaban J connectivity index is 2.14. The first kappa shape index (κ1) is 10.3. The van der Waals surface area contributed by atoms with Crippen LogP contribution >= 0.6 is 0 Å². The number of pyridine rings is 1. The number of aromatic nitrogens is 5. The van der Waals surface area contributed by atoms with Crippen molar-refractivity contribution in [2.75, 3.05) is 0 Å². The molecule has 3 N–H and O–H groups in total. The third-order valence-corrected chi connectivity index (χ3v) is 2.41. The van der Waals surface area contributed by atoms with Crippen molar-refractivity contribution in [1.29, 1.82) is 0 Å². The van der Waals surface area contributed by atoms with Crippen molar-refractivity contribution in [2.45, 2.75) is 0 Å². The maximum atomic E-state index is 11.0. The molecule has 0 bridgehead atoms. The number of nitrogens with two attached hydrogens (primary N) is 1. The van der Waals surface area contributed by atoms with Crippen molar-refractivity contribution in [3.8, 4) is 11.4 Å². The lowest BCUT2D eigenvalue weighted by atomic mass is 10.3. The topological polar surface area (TPSA) is 110 Å². The summed E-state index contributed by atoms with van der Waals surface area (Å²) in [6.07, 6.45) is 4.80. The molecule has 0 unspecified atom stereocenters. The van der Waals surface area contributed by atoms with Gasteiger partial charge in [-0.3, -0.25) is 9.78 Å². The summed E-state index contributed by atoms with van der Waals surface area (Å²) >= 11 is 0. The lowest BCUT2D eigenvalue weighted by Crippen LogP contribution is -2.14. The molecular formula is C11H8N6O. The molecule has 0 atom stereocenters. The monoisotopic (exact) mass is 240 g/mol. The van der Waals surface area contributed by atoms with Gasteiger partial charge in [-0.1, -0.05) is 0 Å². The number of nitrogens with one attached hydrogen (secondary N) is 1. The molecule has 0 aliphatic heterocycles. The van der Waals surface area contributed by atoms with E-state index >= 15 is 0 Å². The van der Waals surface area contributed by atoms with E-state index in [1.54, 1.807) is 12.4 Å². The number of imidazole rings is 1. The highest BCUT2D eigenvalue weighted by molar-refractivity contribution is 5.90. The number of hydrogen-bond donors (Lipinski definition) is 2. The molecule has 3 aromatic rings. The molecule has 0 fully saturated rings. The van der Waals surface area contributed by atoms with Crippen LogP contribution in [-0.2, 0) is 0 Å². The lowest BCUT2D eigenvalue weighted by molar-refractivity contribution is 0.0991. The van der Waals surface area contributed by atoms with Crippen molar-refractivity contribution in [3.05, 3.63) is 36.5 Å². The summed E-state index contributed by atoms with van der Waals surface area (Å²) in [4.78, 5) is 30.1. The SMILES string of the molecule is NC(=O)c1ncc2nc(-c3ccncc3)[nH]c2n1. The maximum Gasteiger partial charge on any atom is 0.286 e. The van der Waals surface area contributed by atoms with Gasteiger partial charge in [-0.05, 0) is 12.1 Å². The molecule has 88 valence electrons. The molecule has 3 aromatic heterocycles. The Hall–Kier alpha value is -2.83. The number of fused-ring (bicyclic) bond motifs is 1. The van der Waals surface area contributed by atoms with Crippen LogP contribution in [0, 0.1) is 0 Å². The molecule has 7 heteroatoms. The minimum atomic E-state index is -0.669. The van der Waals surface area contributed by atoms with E-state index in [0.29, 0.717) is 17.0 Å². The van der Waals surface area contributed by atoms with Crippen LogP contribution < -0.4 is 5.73 Å². The highest BCUT2D eigenvalue weighted by Crippen LogP contribution is 2.17. The maximum absolute atomic E-state index is 11.0. The van der Waals surface area contributed by atoms with Gasteiger partial charge in [0, 0.05) is 18.0 Å². The molecule has 3 rings (SSSR count). The average molecular weight is 240 g/mol. The van der Waals surface area contributed by atoms with E-state index in [9.17, 15) is 4.79 Å². The summed E-state index contributed by atoms with van der Waals surface area (Å²) in [5, 5.41) is 0. The van der Waals surface area contributed by atoms with E-state index in [4.69, 9.17) is 5.73 Å². The van der Waals surface area contributed by atoms with Gasteiger partial charge in [0.25, 0.3) is 5.91 Å². The summed E-state index contributed by atoms with van der Waals surface area (Å²) in [6, 6.07) is 3.64. The van der Waals surface area contributed by atoms with Gasteiger partial charge in [-0.15, -0.1) is 0 Å². The van der Waals surface area contributed by atoms with E-state index in [1.807, 2.05) is 12.1 Å². The summed E-state index contributed by atoms with van der Waals surface area (Å²) in [7, 11) is 0. The molecule has 0 saturated carbocycles. The number of carbonyl (C=O) groups is 1. The fraction of sp³-hybridized carbons (Fsp3) is 0. The highest BCUT2D eigenvalue weighted by Gasteiger charge is 2.10. The Morgan fingerprint density at radius 2 is 2.00 bits per heavy atom. The van der Waals surface area contributed by atoms with Gasteiger partial charge in [-0.2, -0.15) is 0 Å². The summed E-state index contributed by atoms with van der Waals surface area (Å²) < 4.78 is 0. The fourth-order valence-corrected chi connectivity index (χ4v) is 1.58. The van der Waals surface area contributed by atoms with Crippen LogP contribution in [0.4, 0.5) is 0 Å². The first-order valence-electron chi connectivity index (χ1n) is 5.17. The third kappa shape index (κ3) is 1.67. The van der Waals surface area contributed by atoms with Gasteiger partial charge < -0.3 is 10.7 Å². The zero-order valence-corrected chi connectivity index (χ0v) is 9.16. The van der Waals surface area contributed by atoms with Gasteiger partial charge in [-0.25, -0.2) is 15.0 Å². The van der Waals surface area contributed by atoms with E-state index in [2.05, 4.69) is 24.9 Å². The van der Waals surface area contributed by atoms with Crippen LogP contribution in [0.3, 0.4) is 0 Å². The number of carbonyl (C=O) groups excluding carboxylic acids is 1. The molecule has 7 nitrogen and oxygen atoms in total. The molecule has 0 spiro atoms. The number of amides is 1. The van der Waals surface area contributed by atoms with Crippen molar-refractivity contribution in [3.63, 3.8) is 0 Å². The highest BCUT2D eigenvalue weighted by atomic mass is 16.1. The molecule has 3 heterocycles. The number of H-pyrrole nitrogens is 1. The van der Waals surface area contributed by atoms with E-state index in [-0.39, 0.29) is 5.82 Å². The third-order valence-electron chi connectivity index (χ3n) is 2.41. The van der Waals surface area contributed by atoms with Crippen molar-refractivity contribution in [2.24, 2.45) is 5.73 Å². The van der Waals surface area contributed by atoms with E-state index < -0.39 is 5.91 Å². The molecule has 0 aliphatic rings. The van der Waals surface area contributed by atoms with Crippen molar-refractivity contribution in [1.82, 2.24) is 24.9 Å². The zero-order valence-electron chi connectivity index (χ0n) is 9.16. The second-order valence-corrected chi connectivity index (χ2v) is 3.61. The van der Waals surface area contributed by atoms with E-state index in [1.165, 1.54) is 6.20 Å². The summed E-state index contributed by atoms with van der Waals surface area (Å²) in [5.74, 6) is -0.0623. The fourth-order valence-electron chi connectivity index (χ4n) is 1.58. The average Bonchev–Trinajstić information content (AvgIpc) is 2.82. The summed E-state index contributed by atoms with van der Waals surface area (Å²) in [6.45, 7) is 0. The Bertz CT molecular complexity index is 721. The first-order chi connectivity index (χ1) is 8.74. The second kappa shape index (κ2) is 3.88. The van der Waals surface area contributed by atoms with Crippen LogP contribution in [0.5, 0.6) is 0 Å². The van der Waals surface area contributed by atoms with Gasteiger partial charge in [0.1, 0.15) is 11.3 Å². The predicted octanol–water partition coefficient (Wildman–Crippen LogP) is 0.514. The number of primary amides is 1. The van der Waals surface area contributed by atoms with Gasteiger partial charge in [0.15, 0.2) is 5.65 Å². The van der Waals surface area contributed by atoms with Crippen molar-refractivity contribution >= 4 is 17.1 Å². The number of nitrogens with zero attached hydrogens (tertiary/aromatic N) is 4. The van der Waals surface area contributed by atoms with Crippen LogP contribution in [0.1, 0.15) is 10.6 Å². The van der Waals surface area contributed by atoms with Crippen LogP contribution in [0.25, 0.3) is 22.6 Å². The van der Waals surface area contributed by atoms with Crippen LogP contribution in [0.15, 0.2) is 30.7 Å². The quantitative estimate of drug-likeness (QED) is 0.678. The largest absolute Gasteiger partial charge is 0.363 e. The molecule has 1 amide bonds. The van der Waals surface area contributed by atoms with E-state index in [0.717, 1.165) is 5.56 Å². The molecular weight excluding hydrogens is 232 g/mol. The Labute approximate surface area is 101 Å². The molecule has 0 saturated heterocycles. The predicted molar refractivity (Wildman–Crippen MR) is 63.4 cm³/mol. The standard InChI is InChI=1S/C11H8N6O/c12-8(18)11-14-5-7-10(17-11)16-9(15-7)6-1-3-13-4-2-6/h1-5H,(H2,12,18)(H,14,15,16,17). The molecule has 0 radical (unpaired) electrons. The zero-order chi connectivity index (χ0) is 12.5. The molecule has 18 heavy (non-hydrogen) atoms. The second-order valence-electron chi connectivity index (χ2n) is 3.61. The van der Waals surface area contributed by atoms with Gasteiger partial charge in [0.2, 0.25) is 5.82 Å². The lowest BCUT2D eigenvalue weighted by Gasteiger charge is -1.92. The molecule has 0 aromatic carbocycles. The molecule has 0 aliphatic carbocycles. The first-order valence-corrected chi connectivity index (χ1v) is 5.17. The van der Waals surface area contributed by atoms with Crippen LogP contribution in [0.2, 0.25) is 0 Å². The Kier molecular flexibility index (Phi) is 2.23. The Morgan fingerprint density at radius 1 is 1.22 bits per heavy atom. The minimum Gasteiger partial charge on any atom is -0.363 e.